The van der Waals surface area contributed by atoms with Gasteiger partial charge in [0.05, 0.1) is 13.2 Å². The second-order valence-corrected chi connectivity index (χ2v) is 3.40. The lowest BCUT2D eigenvalue weighted by Gasteiger charge is -2.34. The van der Waals surface area contributed by atoms with E-state index < -0.39 is 0 Å². The van der Waals surface area contributed by atoms with Crippen molar-refractivity contribution >= 4 is 0 Å². The summed E-state index contributed by atoms with van der Waals surface area (Å²) in [7, 11) is 0. The number of morpholine rings is 1. The summed E-state index contributed by atoms with van der Waals surface area (Å²) in [5, 5.41) is 0. The van der Waals surface area contributed by atoms with Gasteiger partial charge in [0.15, 0.2) is 0 Å². The molecule has 1 heterocycles. The summed E-state index contributed by atoms with van der Waals surface area (Å²) in [4.78, 5) is 2.38. The average molecular weight is 158 g/mol. The molecule has 11 heavy (non-hydrogen) atoms. The van der Waals surface area contributed by atoms with Gasteiger partial charge in [0.2, 0.25) is 0 Å². The Kier molecular flexibility index (Phi) is 3.30. The SMILES string of the molecule is CC1COCCN1C[C@H](C)N. The van der Waals surface area contributed by atoms with Crippen LogP contribution in [0.15, 0.2) is 0 Å². The maximum absolute atomic E-state index is 5.70. The molecular weight excluding hydrogens is 140 g/mol. The maximum atomic E-state index is 5.70. The number of hydrogen-bond acceptors (Lipinski definition) is 3. The van der Waals surface area contributed by atoms with Crippen LogP contribution in [-0.4, -0.2) is 43.3 Å². The quantitative estimate of drug-likeness (QED) is 0.617. The third kappa shape index (κ3) is 2.77. The van der Waals surface area contributed by atoms with Crippen molar-refractivity contribution in [2.45, 2.75) is 25.9 Å². The summed E-state index contributed by atoms with van der Waals surface area (Å²) in [6.45, 7) is 7.96. The van der Waals surface area contributed by atoms with Crippen molar-refractivity contribution in [1.29, 1.82) is 0 Å². The van der Waals surface area contributed by atoms with E-state index in [0.717, 1.165) is 26.3 Å². The van der Waals surface area contributed by atoms with Gasteiger partial charge in [-0.1, -0.05) is 0 Å². The van der Waals surface area contributed by atoms with Crippen LogP contribution in [0, 0.1) is 0 Å². The molecule has 0 spiro atoms. The molecule has 0 radical (unpaired) electrons. The normalized spacial score (nSPS) is 30.3. The van der Waals surface area contributed by atoms with E-state index in [2.05, 4.69) is 11.8 Å². The Morgan fingerprint density at radius 2 is 2.45 bits per heavy atom. The standard InChI is InChI=1S/C8H18N2O/c1-7(9)5-10-3-4-11-6-8(10)2/h7-8H,3-6,9H2,1-2H3/t7-,8?/m0/s1. The Hall–Kier alpha value is -0.120. The number of nitrogens with zero attached hydrogens (tertiary/aromatic N) is 1. The van der Waals surface area contributed by atoms with Crippen LogP contribution >= 0.6 is 0 Å². The Balaban J connectivity index is 2.29. The molecule has 66 valence electrons. The summed E-state index contributed by atoms with van der Waals surface area (Å²) in [5.74, 6) is 0. The first-order chi connectivity index (χ1) is 5.20. The predicted octanol–water partition coefficient (Wildman–Crippen LogP) is 0.0543. The molecule has 3 heteroatoms. The van der Waals surface area contributed by atoms with Gasteiger partial charge in [-0.05, 0) is 13.8 Å². The molecule has 1 saturated heterocycles. The number of rotatable bonds is 2. The fourth-order valence-corrected chi connectivity index (χ4v) is 1.40. The van der Waals surface area contributed by atoms with Gasteiger partial charge in [-0.2, -0.15) is 0 Å². The summed E-state index contributed by atoms with van der Waals surface area (Å²) < 4.78 is 5.31. The van der Waals surface area contributed by atoms with Crippen LogP contribution < -0.4 is 5.73 Å². The molecule has 0 amide bonds. The summed E-state index contributed by atoms with van der Waals surface area (Å²) in [5.41, 5.74) is 5.70. The Morgan fingerprint density at radius 1 is 1.73 bits per heavy atom. The van der Waals surface area contributed by atoms with Gasteiger partial charge in [0, 0.05) is 25.2 Å². The van der Waals surface area contributed by atoms with E-state index in [-0.39, 0.29) is 6.04 Å². The lowest BCUT2D eigenvalue weighted by molar-refractivity contribution is -0.00200. The predicted molar refractivity (Wildman–Crippen MR) is 45.5 cm³/mol. The largest absolute Gasteiger partial charge is 0.379 e. The second kappa shape index (κ2) is 4.04. The lowest BCUT2D eigenvalue weighted by Crippen LogP contribution is -2.48. The number of nitrogens with two attached hydrogens (primary N) is 1. The third-order valence-electron chi connectivity index (χ3n) is 2.03. The Bertz CT molecular complexity index is 117. The van der Waals surface area contributed by atoms with Crippen molar-refractivity contribution in [2.24, 2.45) is 5.73 Å². The van der Waals surface area contributed by atoms with Crippen molar-refractivity contribution in [1.82, 2.24) is 4.90 Å². The van der Waals surface area contributed by atoms with Crippen LogP contribution in [0.1, 0.15) is 13.8 Å². The van der Waals surface area contributed by atoms with Crippen molar-refractivity contribution < 1.29 is 4.74 Å². The summed E-state index contributed by atoms with van der Waals surface area (Å²) >= 11 is 0. The Morgan fingerprint density at radius 3 is 3.00 bits per heavy atom. The summed E-state index contributed by atoms with van der Waals surface area (Å²) in [6, 6.07) is 0.810. The van der Waals surface area contributed by atoms with Crippen LogP contribution in [-0.2, 0) is 4.74 Å². The van der Waals surface area contributed by atoms with Gasteiger partial charge >= 0.3 is 0 Å². The molecule has 0 aromatic heterocycles. The van der Waals surface area contributed by atoms with E-state index in [1.807, 2.05) is 6.92 Å². The third-order valence-corrected chi connectivity index (χ3v) is 2.03. The van der Waals surface area contributed by atoms with Crippen LogP contribution in [0.4, 0.5) is 0 Å². The lowest BCUT2D eigenvalue weighted by atomic mass is 10.2. The fourth-order valence-electron chi connectivity index (χ4n) is 1.40. The first kappa shape index (κ1) is 8.97. The molecule has 3 nitrogen and oxygen atoms in total. The van der Waals surface area contributed by atoms with Gasteiger partial charge in [-0.25, -0.2) is 0 Å². The van der Waals surface area contributed by atoms with Crippen molar-refractivity contribution in [3.63, 3.8) is 0 Å². The highest BCUT2D eigenvalue weighted by Gasteiger charge is 2.18. The van der Waals surface area contributed by atoms with E-state index in [4.69, 9.17) is 10.5 Å². The van der Waals surface area contributed by atoms with Crippen LogP contribution in [0.5, 0.6) is 0 Å². The first-order valence-electron chi connectivity index (χ1n) is 4.27. The molecule has 1 aliphatic heterocycles. The average Bonchev–Trinajstić information content (AvgIpc) is 1.93. The minimum atomic E-state index is 0.274. The van der Waals surface area contributed by atoms with Crippen LogP contribution in [0.2, 0.25) is 0 Å². The van der Waals surface area contributed by atoms with Crippen LogP contribution in [0.3, 0.4) is 0 Å². The molecule has 1 fully saturated rings. The minimum absolute atomic E-state index is 0.274. The number of ether oxygens (including phenoxy) is 1. The number of hydrogen-bond donors (Lipinski definition) is 1. The Labute approximate surface area is 68.5 Å². The van der Waals surface area contributed by atoms with Gasteiger partial charge in [0.1, 0.15) is 0 Å². The smallest absolute Gasteiger partial charge is 0.0619 e. The van der Waals surface area contributed by atoms with E-state index in [1.165, 1.54) is 0 Å². The first-order valence-corrected chi connectivity index (χ1v) is 4.27. The van der Waals surface area contributed by atoms with E-state index in [0.29, 0.717) is 6.04 Å². The van der Waals surface area contributed by atoms with Gasteiger partial charge < -0.3 is 10.5 Å². The molecule has 1 unspecified atom stereocenters. The molecule has 0 aromatic carbocycles. The van der Waals surface area contributed by atoms with Crippen LogP contribution in [0.25, 0.3) is 0 Å². The van der Waals surface area contributed by atoms with Crippen molar-refractivity contribution in [2.75, 3.05) is 26.3 Å². The minimum Gasteiger partial charge on any atom is -0.379 e. The zero-order valence-corrected chi connectivity index (χ0v) is 7.42. The summed E-state index contributed by atoms with van der Waals surface area (Å²) in [6.07, 6.45) is 0. The van der Waals surface area contributed by atoms with E-state index >= 15 is 0 Å². The van der Waals surface area contributed by atoms with Gasteiger partial charge in [0.25, 0.3) is 0 Å². The topological polar surface area (TPSA) is 38.5 Å². The fraction of sp³-hybridized carbons (Fsp3) is 1.00. The molecular formula is C8H18N2O. The monoisotopic (exact) mass is 158 g/mol. The van der Waals surface area contributed by atoms with E-state index in [9.17, 15) is 0 Å². The molecule has 0 saturated carbocycles. The highest BCUT2D eigenvalue weighted by Crippen LogP contribution is 2.05. The zero-order valence-electron chi connectivity index (χ0n) is 7.42. The van der Waals surface area contributed by atoms with Crippen molar-refractivity contribution in [3.8, 4) is 0 Å². The molecule has 0 aliphatic carbocycles. The van der Waals surface area contributed by atoms with Gasteiger partial charge in [-0.15, -0.1) is 0 Å². The van der Waals surface area contributed by atoms with E-state index in [1.54, 1.807) is 0 Å². The highest BCUT2D eigenvalue weighted by atomic mass is 16.5. The highest BCUT2D eigenvalue weighted by molar-refractivity contribution is 4.73. The maximum Gasteiger partial charge on any atom is 0.0619 e. The second-order valence-electron chi connectivity index (χ2n) is 3.40. The molecule has 1 aliphatic rings. The van der Waals surface area contributed by atoms with Crippen molar-refractivity contribution in [3.05, 3.63) is 0 Å². The molecule has 1 rings (SSSR count). The molecule has 2 N–H and O–H groups in total. The molecule has 0 aromatic rings. The van der Waals surface area contributed by atoms with Gasteiger partial charge in [-0.3, -0.25) is 4.90 Å². The molecule has 2 atom stereocenters. The zero-order chi connectivity index (χ0) is 8.27. The molecule has 0 bridgehead atoms.